The van der Waals surface area contributed by atoms with Gasteiger partial charge in [-0.05, 0) is 71.3 Å². The van der Waals surface area contributed by atoms with Gasteiger partial charge < -0.3 is 14.4 Å². The van der Waals surface area contributed by atoms with Crippen LogP contribution in [0.3, 0.4) is 0 Å². The summed E-state index contributed by atoms with van der Waals surface area (Å²) in [6.07, 6.45) is 1.92. The predicted molar refractivity (Wildman–Crippen MR) is 98.3 cm³/mol. The zero-order valence-electron chi connectivity index (χ0n) is 12.9. The number of hydrogen-bond acceptors (Lipinski definition) is 3. The Morgan fingerprint density at radius 2 is 2.09 bits per heavy atom. The third-order valence-electron chi connectivity index (χ3n) is 3.89. The highest BCUT2D eigenvalue weighted by Gasteiger charge is 2.23. The van der Waals surface area contributed by atoms with Gasteiger partial charge in [0, 0.05) is 12.2 Å². The topological polar surface area (TPSA) is 38.8 Å². The van der Waals surface area contributed by atoms with E-state index in [4.69, 9.17) is 9.47 Å². The number of fused-ring (bicyclic) bond motifs is 1. The maximum Gasteiger partial charge on any atom is 0.264 e. The third kappa shape index (κ3) is 3.60. The van der Waals surface area contributed by atoms with Crippen molar-refractivity contribution in [1.29, 1.82) is 0 Å². The van der Waals surface area contributed by atoms with Gasteiger partial charge >= 0.3 is 0 Å². The van der Waals surface area contributed by atoms with Crippen molar-refractivity contribution in [2.24, 2.45) is 0 Å². The molecule has 120 valence electrons. The number of benzene rings is 2. The first kappa shape index (κ1) is 16.1. The summed E-state index contributed by atoms with van der Waals surface area (Å²) in [5, 5.41) is 0. The zero-order valence-corrected chi connectivity index (χ0v) is 15.1. The quantitative estimate of drug-likeness (QED) is 0.705. The average Bonchev–Trinajstić information content (AvgIpc) is 2.59. The highest BCUT2D eigenvalue weighted by Crippen LogP contribution is 2.30. The lowest BCUT2D eigenvalue weighted by molar-refractivity contribution is -0.120. The number of aryl methyl sites for hydroxylation is 1. The molecular weight excluding hydrogens is 405 g/mol. The molecule has 0 saturated carbocycles. The number of hydrogen-bond donors (Lipinski definition) is 0. The average molecular weight is 423 g/mol. The van der Waals surface area contributed by atoms with Crippen LogP contribution in [0.5, 0.6) is 11.5 Å². The van der Waals surface area contributed by atoms with Gasteiger partial charge in [-0.1, -0.05) is 12.1 Å². The number of anilines is 1. The van der Waals surface area contributed by atoms with Crippen LogP contribution in [0.1, 0.15) is 12.0 Å². The number of halogens is 1. The first-order valence-electron chi connectivity index (χ1n) is 7.53. The largest absolute Gasteiger partial charge is 0.497 e. The number of amides is 1. The molecule has 2 aromatic rings. The minimum atomic E-state index is -0.0178. The lowest BCUT2D eigenvalue weighted by Gasteiger charge is -2.29. The molecule has 0 bridgehead atoms. The molecule has 1 aliphatic rings. The highest BCUT2D eigenvalue weighted by molar-refractivity contribution is 14.1. The molecule has 0 fully saturated rings. The van der Waals surface area contributed by atoms with Crippen molar-refractivity contribution >= 4 is 34.2 Å². The number of nitrogens with zero attached hydrogens (tertiary/aromatic N) is 1. The van der Waals surface area contributed by atoms with E-state index in [9.17, 15) is 4.79 Å². The SMILES string of the molecule is COc1ccc2c(c1)CCCN2C(=O)COc1ccccc1I. The highest BCUT2D eigenvalue weighted by atomic mass is 127. The molecule has 2 aromatic carbocycles. The summed E-state index contributed by atoms with van der Waals surface area (Å²) in [6.45, 7) is 0.777. The summed E-state index contributed by atoms with van der Waals surface area (Å²) in [5.74, 6) is 1.55. The van der Waals surface area contributed by atoms with E-state index < -0.39 is 0 Å². The second kappa shape index (κ2) is 7.21. The molecule has 3 rings (SSSR count). The fourth-order valence-corrected chi connectivity index (χ4v) is 3.28. The van der Waals surface area contributed by atoms with E-state index in [2.05, 4.69) is 22.6 Å². The number of carbonyl (C=O) groups excluding carboxylic acids is 1. The summed E-state index contributed by atoms with van der Waals surface area (Å²) < 4.78 is 12.0. The monoisotopic (exact) mass is 423 g/mol. The van der Waals surface area contributed by atoms with Gasteiger partial charge in [0.2, 0.25) is 0 Å². The molecule has 23 heavy (non-hydrogen) atoms. The van der Waals surface area contributed by atoms with Gasteiger partial charge in [0.25, 0.3) is 5.91 Å². The maximum absolute atomic E-state index is 12.6. The molecule has 0 saturated heterocycles. The molecule has 0 aromatic heterocycles. The lowest BCUT2D eigenvalue weighted by atomic mass is 10.0. The van der Waals surface area contributed by atoms with Crippen LogP contribution >= 0.6 is 22.6 Å². The minimum Gasteiger partial charge on any atom is -0.497 e. The van der Waals surface area contributed by atoms with Gasteiger partial charge in [0.15, 0.2) is 6.61 Å². The Kier molecular flexibility index (Phi) is 5.05. The van der Waals surface area contributed by atoms with E-state index in [1.807, 2.05) is 47.4 Å². The summed E-state index contributed by atoms with van der Waals surface area (Å²) in [4.78, 5) is 14.4. The van der Waals surface area contributed by atoms with E-state index in [-0.39, 0.29) is 12.5 Å². The van der Waals surface area contributed by atoms with Crippen LogP contribution in [-0.4, -0.2) is 26.2 Å². The molecule has 0 spiro atoms. The molecule has 1 aliphatic heterocycles. The number of methoxy groups -OCH3 is 1. The molecule has 0 atom stereocenters. The Labute approximate surface area is 149 Å². The summed E-state index contributed by atoms with van der Waals surface area (Å²) >= 11 is 2.21. The molecule has 0 aliphatic carbocycles. The van der Waals surface area contributed by atoms with Crippen LogP contribution < -0.4 is 14.4 Å². The van der Waals surface area contributed by atoms with Crippen molar-refractivity contribution < 1.29 is 14.3 Å². The van der Waals surface area contributed by atoms with Gasteiger partial charge in [-0.15, -0.1) is 0 Å². The molecule has 5 heteroatoms. The van der Waals surface area contributed by atoms with Crippen LogP contribution in [0.2, 0.25) is 0 Å². The summed E-state index contributed by atoms with van der Waals surface area (Å²) in [7, 11) is 1.66. The Morgan fingerprint density at radius 3 is 2.87 bits per heavy atom. The third-order valence-corrected chi connectivity index (χ3v) is 4.79. The molecule has 1 amide bonds. The van der Waals surface area contributed by atoms with Gasteiger partial charge in [0.05, 0.1) is 10.7 Å². The fraction of sp³-hybridized carbons (Fsp3) is 0.278. The van der Waals surface area contributed by atoms with E-state index in [1.54, 1.807) is 7.11 Å². The molecule has 0 radical (unpaired) electrons. The number of para-hydroxylation sites is 1. The second-order valence-electron chi connectivity index (χ2n) is 5.36. The first-order chi connectivity index (χ1) is 11.2. The summed E-state index contributed by atoms with van der Waals surface area (Å²) in [6, 6.07) is 13.6. The van der Waals surface area contributed by atoms with Gasteiger partial charge in [0.1, 0.15) is 11.5 Å². The molecule has 4 nitrogen and oxygen atoms in total. The number of ether oxygens (including phenoxy) is 2. The lowest BCUT2D eigenvalue weighted by Crippen LogP contribution is -2.38. The second-order valence-corrected chi connectivity index (χ2v) is 6.52. The standard InChI is InChI=1S/C18H18INO3/c1-22-14-8-9-16-13(11-14)5-4-10-20(16)18(21)12-23-17-7-3-2-6-15(17)19/h2-3,6-9,11H,4-5,10,12H2,1H3. The first-order valence-corrected chi connectivity index (χ1v) is 8.61. The Balaban J connectivity index is 1.73. The predicted octanol–water partition coefficient (Wildman–Crippen LogP) is 3.66. The fourth-order valence-electron chi connectivity index (χ4n) is 2.74. The molecule has 0 unspecified atom stereocenters. The molecule has 1 heterocycles. The van der Waals surface area contributed by atoms with E-state index in [1.165, 1.54) is 0 Å². The van der Waals surface area contributed by atoms with Crippen LogP contribution in [0.4, 0.5) is 5.69 Å². The maximum atomic E-state index is 12.6. The zero-order chi connectivity index (χ0) is 16.2. The van der Waals surface area contributed by atoms with Crippen molar-refractivity contribution in [1.82, 2.24) is 0 Å². The Bertz CT molecular complexity index is 717. The van der Waals surface area contributed by atoms with Crippen molar-refractivity contribution in [3.63, 3.8) is 0 Å². The van der Waals surface area contributed by atoms with Crippen molar-refractivity contribution in [3.05, 3.63) is 51.6 Å². The van der Waals surface area contributed by atoms with Gasteiger partial charge in [-0.3, -0.25) is 4.79 Å². The van der Waals surface area contributed by atoms with Crippen LogP contribution in [0.25, 0.3) is 0 Å². The van der Waals surface area contributed by atoms with Crippen molar-refractivity contribution in [2.45, 2.75) is 12.8 Å². The normalized spacial score (nSPS) is 13.4. The number of carbonyl (C=O) groups is 1. The molecular formula is C18H18INO3. The minimum absolute atomic E-state index is 0.0178. The van der Waals surface area contributed by atoms with Crippen molar-refractivity contribution in [2.75, 3.05) is 25.2 Å². The van der Waals surface area contributed by atoms with Crippen LogP contribution in [-0.2, 0) is 11.2 Å². The Morgan fingerprint density at radius 1 is 1.26 bits per heavy atom. The van der Waals surface area contributed by atoms with E-state index >= 15 is 0 Å². The Hall–Kier alpha value is -1.76. The van der Waals surface area contributed by atoms with Gasteiger partial charge in [-0.25, -0.2) is 0 Å². The van der Waals surface area contributed by atoms with Crippen LogP contribution in [0, 0.1) is 3.57 Å². The number of rotatable bonds is 4. The summed E-state index contributed by atoms with van der Waals surface area (Å²) in [5.41, 5.74) is 2.12. The van der Waals surface area contributed by atoms with E-state index in [0.717, 1.165) is 45.7 Å². The smallest absolute Gasteiger partial charge is 0.264 e. The van der Waals surface area contributed by atoms with Crippen LogP contribution in [0.15, 0.2) is 42.5 Å². The van der Waals surface area contributed by atoms with Gasteiger partial charge in [-0.2, -0.15) is 0 Å². The van der Waals surface area contributed by atoms with Crippen molar-refractivity contribution in [3.8, 4) is 11.5 Å². The van der Waals surface area contributed by atoms with E-state index in [0.29, 0.717) is 0 Å². The molecule has 0 N–H and O–H groups in total.